The molecule has 0 saturated carbocycles. The van der Waals surface area contributed by atoms with Gasteiger partial charge in [-0.2, -0.15) is 0 Å². The first-order valence-corrected chi connectivity index (χ1v) is 7.88. The lowest BCUT2D eigenvalue weighted by atomic mass is 10.0. The summed E-state index contributed by atoms with van der Waals surface area (Å²) in [7, 11) is 0. The van der Waals surface area contributed by atoms with E-state index in [4.69, 9.17) is 22.1 Å². The van der Waals surface area contributed by atoms with Crippen molar-refractivity contribution in [1.29, 1.82) is 0 Å². The van der Waals surface area contributed by atoms with Crippen LogP contribution in [0.4, 0.5) is 0 Å². The fourth-order valence-corrected chi connectivity index (χ4v) is 2.14. The van der Waals surface area contributed by atoms with Gasteiger partial charge in [0.25, 0.3) is 5.91 Å². The van der Waals surface area contributed by atoms with Crippen molar-refractivity contribution in [3.05, 3.63) is 28.8 Å². The zero-order valence-electron chi connectivity index (χ0n) is 12.8. The summed E-state index contributed by atoms with van der Waals surface area (Å²) in [4.78, 5) is 11.7. The summed E-state index contributed by atoms with van der Waals surface area (Å²) >= 11 is 6.17. The zero-order chi connectivity index (χ0) is 15.7. The highest BCUT2D eigenvalue weighted by molar-refractivity contribution is 6.32. The second-order valence-corrected chi connectivity index (χ2v) is 5.50. The van der Waals surface area contributed by atoms with Crippen molar-refractivity contribution in [2.24, 2.45) is 5.73 Å². The van der Waals surface area contributed by atoms with Gasteiger partial charge in [0.05, 0.1) is 5.02 Å². The second-order valence-electron chi connectivity index (χ2n) is 5.09. The second kappa shape index (κ2) is 9.64. The molecule has 1 aromatic rings. The number of ether oxygens (including phenoxy) is 1. The number of unbranched alkanes of at least 4 members (excludes halogenated alkanes) is 1. The molecule has 1 unspecified atom stereocenters. The molecule has 1 aromatic carbocycles. The molecule has 0 saturated heterocycles. The molecule has 0 aromatic heterocycles. The molecule has 21 heavy (non-hydrogen) atoms. The van der Waals surface area contributed by atoms with Gasteiger partial charge in [-0.25, -0.2) is 0 Å². The van der Waals surface area contributed by atoms with Crippen molar-refractivity contribution in [3.63, 3.8) is 0 Å². The van der Waals surface area contributed by atoms with Gasteiger partial charge in [-0.3, -0.25) is 4.79 Å². The molecule has 1 rings (SSSR count). The molecule has 1 amide bonds. The maximum Gasteiger partial charge on any atom is 0.257 e. The third-order valence-electron chi connectivity index (χ3n) is 3.26. The van der Waals surface area contributed by atoms with Crippen molar-refractivity contribution >= 4 is 17.5 Å². The van der Waals surface area contributed by atoms with Crippen LogP contribution in [0.5, 0.6) is 5.75 Å². The molecule has 0 aliphatic carbocycles. The van der Waals surface area contributed by atoms with Crippen LogP contribution in [0.3, 0.4) is 0 Å². The summed E-state index contributed by atoms with van der Waals surface area (Å²) in [5, 5.41) is 3.32. The number of carbonyl (C=O) groups excluding carboxylic acids is 1. The highest BCUT2D eigenvalue weighted by Gasteiger charge is 2.12. The smallest absolute Gasteiger partial charge is 0.257 e. The minimum absolute atomic E-state index is 0.0260. The Kier molecular flexibility index (Phi) is 8.16. The van der Waals surface area contributed by atoms with Crippen molar-refractivity contribution in [2.75, 3.05) is 13.2 Å². The van der Waals surface area contributed by atoms with Gasteiger partial charge >= 0.3 is 0 Å². The minimum atomic E-state index is -0.130. The van der Waals surface area contributed by atoms with Gasteiger partial charge in [-0.15, -0.1) is 0 Å². The van der Waals surface area contributed by atoms with Crippen LogP contribution in [0.1, 0.15) is 38.7 Å². The van der Waals surface area contributed by atoms with E-state index in [9.17, 15) is 4.79 Å². The van der Waals surface area contributed by atoms with Gasteiger partial charge in [0.1, 0.15) is 5.75 Å². The Morgan fingerprint density at radius 1 is 1.43 bits per heavy atom. The minimum Gasteiger partial charge on any atom is -0.482 e. The van der Waals surface area contributed by atoms with E-state index in [-0.39, 0.29) is 18.6 Å². The Hall–Kier alpha value is -1.26. The third kappa shape index (κ3) is 6.36. The van der Waals surface area contributed by atoms with Crippen molar-refractivity contribution in [2.45, 2.75) is 45.6 Å². The first kappa shape index (κ1) is 17.8. The summed E-state index contributed by atoms with van der Waals surface area (Å²) in [6, 6.07) is 5.62. The third-order valence-corrected chi connectivity index (χ3v) is 3.55. The Balaban J connectivity index is 2.62. The van der Waals surface area contributed by atoms with Gasteiger partial charge < -0.3 is 15.8 Å². The van der Waals surface area contributed by atoms with E-state index in [0.717, 1.165) is 24.8 Å². The average molecular weight is 313 g/mol. The molecule has 0 aliphatic rings. The van der Waals surface area contributed by atoms with E-state index >= 15 is 0 Å². The van der Waals surface area contributed by atoms with E-state index in [1.165, 1.54) is 0 Å². The molecule has 5 heteroatoms. The quantitative estimate of drug-likeness (QED) is 0.689. The number of carbonyl (C=O) groups is 1. The van der Waals surface area contributed by atoms with Crippen LogP contribution in [0, 0.1) is 0 Å². The Bertz CT molecular complexity index is 452. The number of amides is 1. The number of nitrogens with two attached hydrogens (primary N) is 1. The summed E-state index contributed by atoms with van der Waals surface area (Å²) in [5.41, 5.74) is 6.93. The van der Waals surface area contributed by atoms with Crippen LogP contribution in [-0.4, -0.2) is 25.1 Å². The highest BCUT2D eigenvalue weighted by atomic mass is 35.5. The van der Waals surface area contributed by atoms with Gasteiger partial charge in [0.2, 0.25) is 0 Å². The molecule has 0 bridgehead atoms. The molecule has 1 atom stereocenters. The first-order valence-electron chi connectivity index (χ1n) is 7.50. The van der Waals surface area contributed by atoms with Crippen LogP contribution in [0.15, 0.2) is 18.2 Å². The topological polar surface area (TPSA) is 64.3 Å². The fourth-order valence-electron chi connectivity index (χ4n) is 1.90. The van der Waals surface area contributed by atoms with Gasteiger partial charge in [-0.05, 0) is 30.9 Å². The summed E-state index contributed by atoms with van der Waals surface area (Å²) in [6.07, 6.45) is 3.58. The first-order chi connectivity index (χ1) is 10.1. The lowest BCUT2D eigenvalue weighted by Gasteiger charge is -2.15. The van der Waals surface area contributed by atoms with E-state index < -0.39 is 0 Å². The molecule has 4 nitrogen and oxygen atoms in total. The van der Waals surface area contributed by atoms with E-state index in [1.807, 2.05) is 19.1 Å². The lowest BCUT2D eigenvalue weighted by molar-refractivity contribution is -0.123. The number of nitrogens with one attached hydrogen (secondary N) is 1. The zero-order valence-corrected chi connectivity index (χ0v) is 13.6. The largest absolute Gasteiger partial charge is 0.482 e. The van der Waals surface area contributed by atoms with E-state index in [1.54, 1.807) is 6.07 Å². The number of para-hydroxylation sites is 1. The highest BCUT2D eigenvalue weighted by Crippen LogP contribution is 2.29. The normalized spacial score (nSPS) is 12.0. The molecular weight excluding hydrogens is 288 g/mol. The number of hydrogen-bond acceptors (Lipinski definition) is 3. The summed E-state index contributed by atoms with van der Waals surface area (Å²) in [6.45, 7) is 4.77. The van der Waals surface area contributed by atoms with Gasteiger partial charge in [0.15, 0.2) is 6.61 Å². The van der Waals surface area contributed by atoms with Crippen LogP contribution in [-0.2, 0) is 11.2 Å². The Morgan fingerprint density at radius 3 is 2.86 bits per heavy atom. The van der Waals surface area contributed by atoms with Crippen LogP contribution in [0.2, 0.25) is 5.02 Å². The van der Waals surface area contributed by atoms with Gasteiger partial charge in [0, 0.05) is 12.6 Å². The lowest BCUT2D eigenvalue weighted by Crippen LogP contribution is -2.30. The van der Waals surface area contributed by atoms with Gasteiger partial charge in [-0.1, -0.05) is 44.0 Å². The SMILES string of the molecule is CCCCNC(=O)COc1c(Cl)cccc1CC(N)CC. The maximum absolute atomic E-state index is 11.7. The standard InChI is InChI=1S/C16H25ClN2O2/c1-3-5-9-19-15(20)11-21-16-12(10-13(18)4-2)7-6-8-14(16)17/h6-8,13H,3-5,9-11,18H2,1-2H3,(H,19,20). The predicted octanol–water partition coefficient (Wildman–Crippen LogP) is 2.91. The Morgan fingerprint density at radius 2 is 2.19 bits per heavy atom. The predicted molar refractivity (Wildman–Crippen MR) is 86.8 cm³/mol. The number of halogens is 1. The molecule has 118 valence electrons. The van der Waals surface area contributed by atoms with E-state index in [0.29, 0.717) is 23.7 Å². The molecule has 0 spiro atoms. The molecule has 0 aliphatic heterocycles. The molecule has 0 fully saturated rings. The molecule has 0 heterocycles. The van der Waals surface area contributed by atoms with Crippen LogP contribution < -0.4 is 15.8 Å². The van der Waals surface area contributed by atoms with Crippen LogP contribution >= 0.6 is 11.6 Å². The number of benzene rings is 1. The number of rotatable bonds is 9. The summed E-state index contributed by atoms with van der Waals surface area (Å²) in [5.74, 6) is 0.433. The monoisotopic (exact) mass is 312 g/mol. The maximum atomic E-state index is 11.7. The fraction of sp³-hybridized carbons (Fsp3) is 0.562. The van der Waals surface area contributed by atoms with Crippen molar-refractivity contribution < 1.29 is 9.53 Å². The van der Waals surface area contributed by atoms with E-state index in [2.05, 4.69) is 12.2 Å². The Labute approximate surface area is 132 Å². The number of hydrogen-bond donors (Lipinski definition) is 2. The van der Waals surface area contributed by atoms with Crippen LogP contribution in [0.25, 0.3) is 0 Å². The molecule has 3 N–H and O–H groups in total. The summed E-state index contributed by atoms with van der Waals surface area (Å²) < 4.78 is 5.61. The van der Waals surface area contributed by atoms with Crippen molar-refractivity contribution in [1.82, 2.24) is 5.32 Å². The van der Waals surface area contributed by atoms with Crippen molar-refractivity contribution in [3.8, 4) is 5.75 Å². The molecule has 0 radical (unpaired) electrons. The molecular formula is C16H25ClN2O2. The average Bonchev–Trinajstić information content (AvgIpc) is 2.46.